The molecule has 0 aromatic rings. The molecule has 0 aliphatic carbocycles. The Hall–Kier alpha value is -1.13. The molecule has 4 heteroatoms. The van der Waals surface area contributed by atoms with Crippen molar-refractivity contribution in [3.8, 4) is 0 Å². The van der Waals surface area contributed by atoms with Crippen molar-refractivity contribution >= 4 is 5.97 Å². The molecule has 0 aromatic heterocycles. The Morgan fingerprint density at radius 1 is 1.69 bits per heavy atom. The van der Waals surface area contributed by atoms with Gasteiger partial charge in [-0.2, -0.15) is 0 Å². The van der Waals surface area contributed by atoms with Gasteiger partial charge in [0.15, 0.2) is 0 Å². The molecule has 0 radical (unpaired) electrons. The molecule has 0 saturated carbocycles. The maximum Gasteiger partial charge on any atom is 0.333 e. The van der Waals surface area contributed by atoms with Crippen LogP contribution in [0, 0.1) is 0 Å². The number of carbonyl (C=O) groups excluding carboxylic acids is 1. The van der Waals surface area contributed by atoms with Gasteiger partial charge in [-0.25, -0.2) is 4.79 Å². The normalized spacial score (nSPS) is 26.8. The number of hydrogen-bond donors (Lipinski definition) is 1. The predicted octanol–water partition coefficient (Wildman–Crippen LogP) is 0.565. The third kappa shape index (κ3) is 2.40. The number of esters is 1. The highest BCUT2D eigenvalue weighted by Crippen LogP contribution is 2.19. The smallest absolute Gasteiger partial charge is 0.333 e. The van der Waals surface area contributed by atoms with E-state index in [4.69, 9.17) is 9.47 Å². The minimum Gasteiger partial charge on any atom is -0.415 e. The molecule has 72 valence electrons. The van der Waals surface area contributed by atoms with Crippen LogP contribution in [0.15, 0.2) is 25.3 Å². The maximum absolute atomic E-state index is 11.0. The van der Waals surface area contributed by atoms with Crippen LogP contribution in [0.5, 0.6) is 0 Å². The predicted molar refractivity (Wildman–Crippen MR) is 47.8 cm³/mol. The highest BCUT2D eigenvalue weighted by atomic mass is 16.7. The molecule has 0 amide bonds. The van der Waals surface area contributed by atoms with Gasteiger partial charge >= 0.3 is 5.97 Å². The molecule has 1 saturated heterocycles. The van der Waals surface area contributed by atoms with Gasteiger partial charge in [-0.15, -0.1) is 6.58 Å². The molecule has 0 bridgehead atoms. The zero-order valence-corrected chi connectivity index (χ0v) is 7.41. The zero-order valence-electron chi connectivity index (χ0n) is 7.41. The van der Waals surface area contributed by atoms with Crippen molar-refractivity contribution in [3.63, 3.8) is 0 Å². The summed E-state index contributed by atoms with van der Waals surface area (Å²) in [6.07, 6.45) is 3.16. The van der Waals surface area contributed by atoms with Gasteiger partial charge in [-0.3, -0.25) is 5.32 Å². The maximum atomic E-state index is 11.0. The van der Waals surface area contributed by atoms with Gasteiger partial charge in [0, 0.05) is 19.0 Å². The number of ether oxygens (including phenoxy) is 2. The van der Waals surface area contributed by atoms with Gasteiger partial charge in [0.2, 0.25) is 0 Å². The summed E-state index contributed by atoms with van der Waals surface area (Å²) in [6, 6.07) is 0. The lowest BCUT2D eigenvalue weighted by Crippen LogP contribution is -2.44. The van der Waals surface area contributed by atoms with E-state index in [-0.39, 0.29) is 0 Å². The number of rotatable bonds is 4. The lowest BCUT2D eigenvalue weighted by Gasteiger charge is -2.25. The van der Waals surface area contributed by atoms with E-state index >= 15 is 0 Å². The molecule has 1 rings (SSSR count). The molecule has 1 unspecified atom stereocenters. The lowest BCUT2D eigenvalue weighted by molar-refractivity contribution is -0.216. The van der Waals surface area contributed by atoms with Crippen molar-refractivity contribution in [2.45, 2.75) is 12.3 Å². The van der Waals surface area contributed by atoms with Crippen molar-refractivity contribution < 1.29 is 14.3 Å². The van der Waals surface area contributed by atoms with Crippen molar-refractivity contribution in [3.05, 3.63) is 25.3 Å². The number of carbonyl (C=O) groups is 1. The summed E-state index contributed by atoms with van der Waals surface area (Å²) in [6.45, 7) is 8.07. The van der Waals surface area contributed by atoms with Crippen molar-refractivity contribution in [1.29, 1.82) is 0 Å². The van der Waals surface area contributed by atoms with Gasteiger partial charge in [-0.1, -0.05) is 12.7 Å². The van der Waals surface area contributed by atoms with Crippen LogP contribution in [0.1, 0.15) is 6.42 Å². The third-order valence-corrected chi connectivity index (χ3v) is 1.68. The monoisotopic (exact) mass is 183 g/mol. The molecule has 1 atom stereocenters. The van der Waals surface area contributed by atoms with Crippen molar-refractivity contribution in [2.24, 2.45) is 0 Å². The van der Waals surface area contributed by atoms with Crippen molar-refractivity contribution in [1.82, 2.24) is 5.32 Å². The van der Waals surface area contributed by atoms with Gasteiger partial charge in [-0.05, 0) is 0 Å². The van der Waals surface area contributed by atoms with E-state index in [0.717, 1.165) is 6.08 Å². The summed E-state index contributed by atoms with van der Waals surface area (Å²) in [5, 5.41) is 2.95. The van der Waals surface area contributed by atoms with E-state index in [1.54, 1.807) is 6.08 Å². The van der Waals surface area contributed by atoms with Crippen LogP contribution in [0.25, 0.3) is 0 Å². The number of nitrogens with one attached hydrogen (secondary N) is 1. The van der Waals surface area contributed by atoms with Crippen LogP contribution in [-0.2, 0) is 14.3 Å². The lowest BCUT2D eigenvalue weighted by atomic mass is 10.3. The SMILES string of the molecule is C=CCC1(OC(=O)C=C)NCCO1. The van der Waals surface area contributed by atoms with Gasteiger partial charge in [0.25, 0.3) is 5.91 Å². The fourth-order valence-corrected chi connectivity index (χ4v) is 1.14. The van der Waals surface area contributed by atoms with Crippen LogP contribution in [0.3, 0.4) is 0 Å². The highest BCUT2D eigenvalue weighted by molar-refractivity contribution is 5.81. The Kier molecular flexibility index (Phi) is 3.22. The fourth-order valence-electron chi connectivity index (χ4n) is 1.14. The Labute approximate surface area is 77.2 Å². The summed E-state index contributed by atoms with van der Waals surface area (Å²) >= 11 is 0. The van der Waals surface area contributed by atoms with Crippen LogP contribution in [-0.4, -0.2) is 25.0 Å². The average molecular weight is 183 g/mol. The standard InChI is InChI=1S/C9H13NO3/c1-3-5-9(10-6-7-12-9)13-8(11)4-2/h3-4,10H,1-2,5-7H2. The van der Waals surface area contributed by atoms with Crippen LogP contribution in [0.4, 0.5) is 0 Å². The summed E-state index contributed by atoms with van der Waals surface area (Å²) in [7, 11) is 0. The molecule has 0 spiro atoms. The van der Waals surface area contributed by atoms with Crippen LogP contribution in [0.2, 0.25) is 0 Å². The highest BCUT2D eigenvalue weighted by Gasteiger charge is 2.37. The largest absolute Gasteiger partial charge is 0.415 e. The van der Waals surface area contributed by atoms with E-state index in [9.17, 15) is 4.79 Å². The Balaban J connectivity index is 2.60. The molecular formula is C9H13NO3. The quantitative estimate of drug-likeness (QED) is 0.393. The van der Waals surface area contributed by atoms with E-state index in [1.165, 1.54) is 0 Å². The van der Waals surface area contributed by atoms with Crippen LogP contribution < -0.4 is 5.32 Å². The molecule has 1 heterocycles. The second-order valence-electron chi connectivity index (χ2n) is 2.65. The first-order valence-corrected chi connectivity index (χ1v) is 4.08. The second-order valence-corrected chi connectivity index (χ2v) is 2.65. The Morgan fingerprint density at radius 2 is 2.46 bits per heavy atom. The van der Waals surface area contributed by atoms with Gasteiger partial charge in [0.1, 0.15) is 0 Å². The summed E-state index contributed by atoms with van der Waals surface area (Å²) < 4.78 is 10.3. The van der Waals surface area contributed by atoms with E-state index < -0.39 is 11.9 Å². The summed E-state index contributed by atoms with van der Waals surface area (Å²) in [5.41, 5.74) is 0. The van der Waals surface area contributed by atoms with Gasteiger partial charge < -0.3 is 9.47 Å². The van der Waals surface area contributed by atoms with E-state index in [1.807, 2.05) is 0 Å². The minimum atomic E-state index is -1.02. The summed E-state index contributed by atoms with van der Waals surface area (Å²) in [4.78, 5) is 11.0. The van der Waals surface area contributed by atoms with E-state index in [2.05, 4.69) is 18.5 Å². The minimum absolute atomic E-state index is 0.423. The summed E-state index contributed by atoms with van der Waals surface area (Å²) in [5.74, 6) is -1.52. The first-order valence-electron chi connectivity index (χ1n) is 4.08. The number of hydrogen-bond acceptors (Lipinski definition) is 4. The second kappa shape index (κ2) is 4.20. The molecular weight excluding hydrogens is 170 g/mol. The van der Waals surface area contributed by atoms with Crippen LogP contribution >= 0.6 is 0 Å². The Bertz CT molecular complexity index is 219. The third-order valence-electron chi connectivity index (χ3n) is 1.68. The molecule has 1 fully saturated rings. The molecule has 1 aliphatic rings. The fraction of sp³-hybridized carbons (Fsp3) is 0.444. The van der Waals surface area contributed by atoms with Gasteiger partial charge in [0.05, 0.1) is 6.61 Å². The average Bonchev–Trinajstić information content (AvgIpc) is 2.54. The molecule has 1 aliphatic heterocycles. The van der Waals surface area contributed by atoms with Crippen molar-refractivity contribution in [2.75, 3.05) is 13.2 Å². The molecule has 13 heavy (non-hydrogen) atoms. The zero-order chi connectivity index (χ0) is 9.73. The first-order chi connectivity index (χ1) is 6.22. The van der Waals surface area contributed by atoms with E-state index in [0.29, 0.717) is 19.6 Å². The molecule has 0 aromatic carbocycles. The molecule has 1 N–H and O–H groups in total. The Morgan fingerprint density at radius 3 is 2.92 bits per heavy atom. The molecule has 4 nitrogen and oxygen atoms in total. The topological polar surface area (TPSA) is 47.6 Å². The first kappa shape index (κ1) is 9.95.